The molecule has 0 saturated carbocycles. The molecule has 0 aliphatic carbocycles. The van der Waals surface area contributed by atoms with Crippen molar-refractivity contribution >= 4 is 0 Å². The van der Waals surface area contributed by atoms with Crippen LogP contribution in [-0.4, -0.2) is 26.4 Å². The summed E-state index contributed by atoms with van der Waals surface area (Å²) >= 11 is 0. The average Bonchev–Trinajstić information content (AvgIpc) is 2.61. The summed E-state index contributed by atoms with van der Waals surface area (Å²) in [6.07, 6.45) is 4.29. The summed E-state index contributed by atoms with van der Waals surface area (Å²) < 4.78 is 0. The SMILES string of the molecule is CCCCOOCC(C)c1cccc(C(C)COOCCCC)c1. The van der Waals surface area contributed by atoms with E-state index in [0.29, 0.717) is 38.3 Å². The van der Waals surface area contributed by atoms with Crippen LogP contribution in [0.2, 0.25) is 0 Å². The third kappa shape index (κ3) is 8.78. The van der Waals surface area contributed by atoms with Crippen molar-refractivity contribution in [3.63, 3.8) is 0 Å². The van der Waals surface area contributed by atoms with Gasteiger partial charge in [0.05, 0.1) is 26.4 Å². The highest BCUT2D eigenvalue weighted by atomic mass is 17.2. The second-order valence-electron chi connectivity index (χ2n) is 6.39. The fourth-order valence-electron chi connectivity index (χ4n) is 2.19. The first-order chi connectivity index (χ1) is 11.7. The van der Waals surface area contributed by atoms with E-state index in [0.717, 1.165) is 25.7 Å². The van der Waals surface area contributed by atoms with Crippen molar-refractivity contribution < 1.29 is 19.6 Å². The van der Waals surface area contributed by atoms with Crippen LogP contribution in [0.5, 0.6) is 0 Å². The van der Waals surface area contributed by atoms with Gasteiger partial charge in [-0.15, -0.1) is 0 Å². The van der Waals surface area contributed by atoms with Gasteiger partial charge in [0, 0.05) is 11.8 Å². The average molecular weight is 338 g/mol. The molecule has 0 radical (unpaired) electrons. The third-order valence-electron chi connectivity index (χ3n) is 4.01. The Morgan fingerprint density at radius 1 is 0.750 bits per heavy atom. The van der Waals surface area contributed by atoms with Crippen molar-refractivity contribution in [2.75, 3.05) is 26.4 Å². The zero-order valence-corrected chi connectivity index (χ0v) is 15.8. The van der Waals surface area contributed by atoms with E-state index in [1.54, 1.807) is 0 Å². The molecule has 24 heavy (non-hydrogen) atoms. The van der Waals surface area contributed by atoms with Gasteiger partial charge in [0.1, 0.15) is 0 Å². The van der Waals surface area contributed by atoms with Crippen LogP contribution >= 0.6 is 0 Å². The molecule has 0 aliphatic rings. The van der Waals surface area contributed by atoms with Gasteiger partial charge in [-0.2, -0.15) is 0 Å². The molecule has 4 heteroatoms. The van der Waals surface area contributed by atoms with E-state index in [-0.39, 0.29) is 0 Å². The molecule has 138 valence electrons. The lowest BCUT2D eigenvalue weighted by Crippen LogP contribution is -2.09. The number of hydrogen-bond acceptors (Lipinski definition) is 4. The first-order valence-electron chi connectivity index (χ1n) is 9.27. The summed E-state index contributed by atoms with van der Waals surface area (Å²) in [7, 11) is 0. The number of hydrogen-bond donors (Lipinski definition) is 0. The van der Waals surface area contributed by atoms with Gasteiger partial charge in [-0.3, -0.25) is 0 Å². The van der Waals surface area contributed by atoms with Crippen LogP contribution in [0, 0.1) is 0 Å². The van der Waals surface area contributed by atoms with Gasteiger partial charge in [0.15, 0.2) is 0 Å². The molecule has 0 saturated heterocycles. The van der Waals surface area contributed by atoms with Crippen LogP contribution in [0.25, 0.3) is 0 Å². The van der Waals surface area contributed by atoms with Gasteiger partial charge in [-0.25, -0.2) is 19.6 Å². The fraction of sp³-hybridized carbons (Fsp3) is 0.700. The fourth-order valence-corrected chi connectivity index (χ4v) is 2.19. The van der Waals surface area contributed by atoms with Crippen LogP contribution in [0.15, 0.2) is 24.3 Å². The molecule has 1 aromatic carbocycles. The molecule has 0 spiro atoms. The maximum absolute atomic E-state index is 5.31. The van der Waals surface area contributed by atoms with Crippen molar-refractivity contribution in [1.29, 1.82) is 0 Å². The Bertz CT molecular complexity index is 387. The Morgan fingerprint density at radius 2 is 1.21 bits per heavy atom. The highest BCUT2D eigenvalue weighted by Crippen LogP contribution is 2.22. The maximum atomic E-state index is 5.31. The summed E-state index contributed by atoms with van der Waals surface area (Å²) in [5.41, 5.74) is 2.51. The Kier molecular flexibility index (Phi) is 11.7. The summed E-state index contributed by atoms with van der Waals surface area (Å²) in [6, 6.07) is 8.58. The first-order valence-corrected chi connectivity index (χ1v) is 9.27. The summed E-state index contributed by atoms with van der Waals surface area (Å²) in [5, 5.41) is 0. The molecule has 1 aromatic rings. The molecule has 0 N–H and O–H groups in total. The lowest BCUT2D eigenvalue weighted by Gasteiger charge is -2.16. The lowest BCUT2D eigenvalue weighted by molar-refractivity contribution is -0.297. The van der Waals surface area contributed by atoms with Gasteiger partial charge in [0.2, 0.25) is 0 Å². The minimum Gasteiger partial charge on any atom is -0.237 e. The molecule has 0 bridgehead atoms. The molecule has 0 fully saturated rings. The van der Waals surface area contributed by atoms with Crippen molar-refractivity contribution in [2.24, 2.45) is 0 Å². The van der Waals surface area contributed by atoms with E-state index in [2.05, 4.69) is 52.0 Å². The smallest absolute Gasteiger partial charge is 0.0888 e. The summed E-state index contributed by atoms with van der Waals surface area (Å²) in [5.74, 6) is 0.584. The van der Waals surface area contributed by atoms with Crippen LogP contribution in [0.1, 0.15) is 76.3 Å². The predicted octanol–water partition coefficient (Wildman–Crippen LogP) is 5.39. The highest BCUT2D eigenvalue weighted by Gasteiger charge is 2.11. The highest BCUT2D eigenvalue weighted by molar-refractivity contribution is 5.28. The molecule has 4 nitrogen and oxygen atoms in total. The van der Waals surface area contributed by atoms with Crippen molar-refractivity contribution in [3.8, 4) is 0 Å². The van der Waals surface area contributed by atoms with E-state index in [1.807, 2.05) is 0 Å². The van der Waals surface area contributed by atoms with Crippen LogP contribution in [0.3, 0.4) is 0 Å². The van der Waals surface area contributed by atoms with E-state index >= 15 is 0 Å². The molecule has 0 aromatic heterocycles. The standard InChI is InChI=1S/C20H34O4/c1-5-7-12-21-23-15-17(3)19-10-9-11-20(14-19)18(4)16-24-22-13-8-6-2/h9-11,14,17-18H,5-8,12-13,15-16H2,1-4H3. The molecular formula is C20H34O4. The first kappa shape index (κ1) is 21.1. The molecule has 1 rings (SSSR count). The molecule has 2 unspecified atom stereocenters. The zero-order chi connectivity index (χ0) is 17.6. The van der Waals surface area contributed by atoms with Gasteiger partial charge in [-0.1, -0.05) is 64.8 Å². The Hall–Kier alpha value is -0.940. The monoisotopic (exact) mass is 338 g/mol. The van der Waals surface area contributed by atoms with E-state index in [1.165, 1.54) is 11.1 Å². The maximum Gasteiger partial charge on any atom is 0.0888 e. The summed E-state index contributed by atoms with van der Waals surface area (Å²) in [4.78, 5) is 21.0. The third-order valence-corrected chi connectivity index (χ3v) is 4.01. The number of benzene rings is 1. The molecule has 2 atom stereocenters. The van der Waals surface area contributed by atoms with Gasteiger partial charge in [-0.05, 0) is 24.0 Å². The number of unbranched alkanes of at least 4 members (excludes halogenated alkanes) is 2. The largest absolute Gasteiger partial charge is 0.237 e. The normalized spacial score (nSPS) is 13.8. The van der Waals surface area contributed by atoms with Crippen molar-refractivity contribution in [2.45, 2.75) is 65.2 Å². The second-order valence-corrected chi connectivity index (χ2v) is 6.39. The molecular weight excluding hydrogens is 304 g/mol. The van der Waals surface area contributed by atoms with Crippen molar-refractivity contribution in [1.82, 2.24) is 0 Å². The Labute approximate surface area is 147 Å². The van der Waals surface area contributed by atoms with Crippen LogP contribution < -0.4 is 0 Å². The molecule has 0 aliphatic heterocycles. The molecule has 0 heterocycles. The Balaban J connectivity index is 2.38. The van der Waals surface area contributed by atoms with E-state index in [4.69, 9.17) is 19.6 Å². The van der Waals surface area contributed by atoms with Gasteiger partial charge < -0.3 is 0 Å². The van der Waals surface area contributed by atoms with Gasteiger partial charge in [0.25, 0.3) is 0 Å². The minimum atomic E-state index is 0.292. The predicted molar refractivity (Wildman–Crippen MR) is 96.9 cm³/mol. The zero-order valence-electron chi connectivity index (χ0n) is 15.8. The van der Waals surface area contributed by atoms with Crippen LogP contribution in [-0.2, 0) is 19.6 Å². The topological polar surface area (TPSA) is 36.9 Å². The van der Waals surface area contributed by atoms with E-state index < -0.39 is 0 Å². The van der Waals surface area contributed by atoms with Crippen LogP contribution in [0.4, 0.5) is 0 Å². The lowest BCUT2D eigenvalue weighted by atomic mass is 9.95. The summed E-state index contributed by atoms with van der Waals surface area (Å²) in [6.45, 7) is 11.0. The van der Waals surface area contributed by atoms with E-state index in [9.17, 15) is 0 Å². The Morgan fingerprint density at radius 3 is 1.62 bits per heavy atom. The van der Waals surface area contributed by atoms with Crippen molar-refractivity contribution in [3.05, 3.63) is 35.4 Å². The quantitative estimate of drug-likeness (QED) is 0.259. The van der Waals surface area contributed by atoms with Gasteiger partial charge >= 0.3 is 0 Å². The number of rotatable bonds is 14. The molecule has 0 amide bonds. The minimum absolute atomic E-state index is 0.292. The second kappa shape index (κ2) is 13.4.